The average Bonchev–Trinajstić information content (AvgIpc) is 3.91. The van der Waals surface area contributed by atoms with Crippen molar-refractivity contribution in [2.45, 2.75) is 128 Å². The zero-order valence-corrected chi connectivity index (χ0v) is 35.6. The summed E-state index contributed by atoms with van der Waals surface area (Å²) in [5.41, 5.74) is 8.67. The molecule has 0 spiro atoms. The van der Waals surface area contributed by atoms with Gasteiger partial charge in [0.05, 0.1) is 12.3 Å². The van der Waals surface area contributed by atoms with Crippen molar-refractivity contribution < 1.29 is 39.0 Å². The van der Waals surface area contributed by atoms with E-state index in [0.29, 0.717) is 49.9 Å². The first-order chi connectivity index (χ1) is 28.2. The van der Waals surface area contributed by atoms with Gasteiger partial charge in [0, 0.05) is 41.3 Å². The molecule has 15 nitrogen and oxygen atoms in total. The van der Waals surface area contributed by atoms with Crippen LogP contribution in [-0.2, 0) is 43.1 Å². The van der Waals surface area contributed by atoms with E-state index in [1.54, 1.807) is 0 Å². The highest BCUT2D eigenvalue weighted by Crippen LogP contribution is 2.59. The number of nitrogens with one attached hydrogen (secondary N) is 2. The summed E-state index contributed by atoms with van der Waals surface area (Å²) < 4.78 is 0. The Morgan fingerprint density at radius 3 is 1.33 bits per heavy atom. The molecule has 15 heteroatoms. The maximum absolute atomic E-state index is 15.2. The third-order valence-electron chi connectivity index (χ3n) is 15.9. The largest absolute Gasteiger partial charge is 0.465 e. The molecule has 5 aliphatic carbocycles. The number of nitrogens with zero attached hydrogens (tertiary/aromatic N) is 3. The molecule has 2 aromatic rings. The summed E-state index contributed by atoms with van der Waals surface area (Å²) in [6.45, 7) is 12.5. The Morgan fingerprint density at radius 2 is 1.02 bits per heavy atom. The minimum Gasteiger partial charge on any atom is -0.465 e. The molecule has 324 valence electrons. The van der Waals surface area contributed by atoms with E-state index in [2.05, 4.69) is 39.2 Å². The number of carbonyl (C=O) groups excluding carboxylic acids is 4. The summed E-state index contributed by atoms with van der Waals surface area (Å²) in [6.07, 6.45) is 1.28. The lowest BCUT2D eigenvalue weighted by atomic mass is 9.57. The van der Waals surface area contributed by atoms with Gasteiger partial charge in [0.25, 0.3) is 11.8 Å². The van der Waals surface area contributed by atoms with Crippen LogP contribution in [0.25, 0.3) is 0 Å². The Labute approximate surface area is 351 Å². The molecule has 60 heavy (non-hydrogen) atoms. The van der Waals surface area contributed by atoms with E-state index >= 15 is 9.59 Å². The van der Waals surface area contributed by atoms with Crippen molar-refractivity contribution in [2.24, 2.45) is 40.1 Å². The number of benzene rings is 2. The number of imide groups is 2. The van der Waals surface area contributed by atoms with Gasteiger partial charge in [-0.25, -0.2) is 9.59 Å². The minimum absolute atomic E-state index is 0.126. The first-order valence-electron chi connectivity index (χ1n) is 21.4. The lowest BCUT2D eigenvalue weighted by molar-refractivity contribution is -0.190. The second kappa shape index (κ2) is 15.2. The van der Waals surface area contributed by atoms with Crippen LogP contribution in [0.5, 0.6) is 0 Å². The van der Waals surface area contributed by atoms with Gasteiger partial charge in [-0.2, -0.15) is 0 Å². The number of carbonyl (C=O) groups is 6. The van der Waals surface area contributed by atoms with E-state index < -0.39 is 87.4 Å². The number of carboxylic acid groups (broad SMARTS) is 2. The molecule has 9 rings (SSSR count). The Hall–Kier alpha value is -4.86. The van der Waals surface area contributed by atoms with Gasteiger partial charge in [-0.15, -0.1) is 0 Å². The summed E-state index contributed by atoms with van der Waals surface area (Å²) in [5.74, 6) is -4.40. The summed E-state index contributed by atoms with van der Waals surface area (Å²) >= 11 is 0. The molecule has 8 atom stereocenters. The van der Waals surface area contributed by atoms with Crippen LogP contribution >= 0.6 is 0 Å². The van der Waals surface area contributed by atoms with Gasteiger partial charge in [-0.05, 0) is 86.5 Å². The smallest absolute Gasteiger partial charge is 0.411 e. The molecule has 1 saturated carbocycles. The van der Waals surface area contributed by atoms with Crippen molar-refractivity contribution in [2.75, 3.05) is 13.1 Å². The van der Waals surface area contributed by atoms with Crippen LogP contribution in [0.3, 0.4) is 0 Å². The van der Waals surface area contributed by atoms with Crippen LogP contribution in [0.15, 0.2) is 48.5 Å². The standard InChI is InChI=1S/C45H61N7O8/c1-26-10-7-21-43(26,6)52(33-11-8-22-50(33)44(37(55)48-39(57)58)29-17-13-27(14-18-29)24-31(35(46)53)41(44,2)3)34-12-9-23-51(34)45(38(56)49-40(59)60)30-19-15-28(16-20-30)25-32(36(47)54)42(45,4)5/h13-20,26,31-34H,7-12,21-25H2,1-6H3,(H2,46,53)(H2,47,54)(H,48,55)(H,49,56)(H,57,58)(H,59,60)/t26?,31?,32?,33?,34?,43?,44-,45-/m0/s1. The van der Waals surface area contributed by atoms with Crippen molar-refractivity contribution in [3.05, 3.63) is 70.8 Å². The van der Waals surface area contributed by atoms with Gasteiger partial charge in [0.2, 0.25) is 11.8 Å². The monoisotopic (exact) mass is 827 g/mol. The molecule has 7 aliphatic rings. The van der Waals surface area contributed by atoms with Crippen LogP contribution in [-0.4, -0.2) is 91.7 Å². The second-order valence-electron chi connectivity index (χ2n) is 19.3. The van der Waals surface area contributed by atoms with Crippen molar-refractivity contribution >= 4 is 35.8 Å². The lowest BCUT2D eigenvalue weighted by Gasteiger charge is -2.62. The molecule has 4 bridgehead atoms. The fraction of sp³-hybridized carbons (Fsp3) is 0.600. The zero-order valence-electron chi connectivity index (χ0n) is 35.6. The Balaban J connectivity index is 1.51. The molecule has 2 aliphatic heterocycles. The molecule has 6 amide bonds. The van der Waals surface area contributed by atoms with E-state index in [9.17, 15) is 29.4 Å². The average molecular weight is 828 g/mol. The van der Waals surface area contributed by atoms with Crippen LogP contribution in [0, 0.1) is 28.6 Å². The number of amides is 6. The van der Waals surface area contributed by atoms with E-state index in [1.165, 1.54) is 0 Å². The quantitative estimate of drug-likeness (QED) is 0.207. The van der Waals surface area contributed by atoms with Crippen molar-refractivity contribution in [1.29, 1.82) is 0 Å². The van der Waals surface area contributed by atoms with Gasteiger partial charge < -0.3 is 21.7 Å². The second-order valence-corrected chi connectivity index (χ2v) is 19.3. The topological polar surface area (TPSA) is 229 Å². The normalized spacial score (nSPS) is 33.4. The third-order valence-corrected chi connectivity index (χ3v) is 15.9. The van der Waals surface area contributed by atoms with Gasteiger partial charge in [-0.1, -0.05) is 89.6 Å². The highest BCUT2D eigenvalue weighted by atomic mass is 16.4. The number of hydrogen-bond donors (Lipinski definition) is 6. The van der Waals surface area contributed by atoms with Crippen molar-refractivity contribution in [1.82, 2.24) is 25.3 Å². The molecule has 2 heterocycles. The van der Waals surface area contributed by atoms with E-state index in [0.717, 1.165) is 30.4 Å². The summed E-state index contributed by atoms with van der Waals surface area (Å²) in [7, 11) is 0. The Bertz CT molecular complexity index is 1940. The maximum atomic E-state index is 15.2. The molecular formula is C45H61N7O8. The van der Waals surface area contributed by atoms with E-state index in [-0.39, 0.29) is 18.8 Å². The SMILES string of the molecule is CC1CCCC1(C)N(C1CCCN1[C@]1(C(=O)NC(=O)O)c2ccc(cc2)CC(C(N)=O)C1(C)C)C1CCCN1[C@]1(C(=O)NC(=O)O)c2ccc(cc2)CC(C(N)=O)C1(C)C. The fourth-order valence-corrected chi connectivity index (χ4v) is 12.9. The van der Waals surface area contributed by atoms with Crippen LogP contribution in [0.1, 0.15) is 109 Å². The number of nitrogens with two attached hydrogens (primary N) is 2. The molecule has 0 radical (unpaired) electrons. The molecule has 2 saturated heterocycles. The lowest BCUT2D eigenvalue weighted by Crippen LogP contribution is -2.75. The number of fused-ring (bicyclic) bond motifs is 10. The fourth-order valence-electron chi connectivity index (χ4n) is 12.9. The number of rotatable bonds is 9. The van der Waals surface area contributed by atoms with E-state index in [1.807, 2.05) is 76.2 Å². The molecule has 8 N–H and O–H groups in total. The first kappa shape index (κ1) is 43.2. The van der Waals surface area contributed by atoms with Crippen LogP contribution < -0.4 is 22.1 Å². The van der Waals surface area contributed by atoms with Crippen molar-refractivity contribution in [3.63, 3.8) is 0 Å². The number of hydrogen-bond acceptors (Lipinski definition) is 9. The number of likely N-dealkylation sites (tertiary alicyclic amines) is 2. The number of primary amides is 2. The Kier molecular flexibility index (Phi) is 11.0. The van der Waals surface area contributed by atoms with E-state index in [4.69, 9.17) is 11.5 Å². The Morgan fingerprint density at radius 1 is 0.633 bits per heavy atom. The predicted molar refractivity (Wildman–Crippen MR) is 222 cm³/mol. The molecular weight excluding hydrogens is 767 g/mol. The first-order valence-corrected chi connectivity index (χ1v) is 21.4. The van der Waals surface area contributed by atoms with Gasteiger partial charge in [-0.3, -0.25) is 44.5 Å². The van der Waals surface area contributed by atoms with Crippen molar-refractivity contribution in [3.8, 4) is 0 Å². The maximum Gasteiger partial charge on any atom is 0.411 e. The molecule has 3 fully saturated rings. The van der Waals surface area contributed by atoms with Crippen LogP contribution in [0.2, 0.25) is 0 Å². The predicted octanol–water partition coefficient (Wildman–Crippen LogP) is 4.46. The summed E-state index contributed by atoms with van der Waals surface area (Å²) in [4.78, 5) is 89.3. The molecule has 2 aromatic carbocycles. The molecule has 0 aromatic heterocycles. The van der Waals surface area contributed by atoms with Gasteiger partial charge >= 0.3 is 12.2 Å². The highest BCUT2D eigenvalue weighted by molar-refractivity contribution is 6.00. The van der Waals surface area contributed by atoms with Gasteiger partial charge in [0.1, 0.15) is 11.1 Å². The third kappa shape index (κ3) is 6.24. The zero-order chi connectivity index (χ0) is 43.7. The molecule has 6 unspecified atom stereocenters. The minimum atomic E-state index is -1.74. The summed E-state index contributed by atoms with van der Waals surface area (Å²) in [6, 6.07) is 14.9. The highest BCUT2D eigenvalue weighted by Gasteiger charge is 2.68. The van der Waals surface area contributed by atoms with Gasteiger partial charge in [0.15, 0.2) is 0 Å². The summed E-state index contributed by atoms with van der Waals surface area (Å²) in [5, 5.41) is 24.9. The van der Waals surface area contributed by atoms with Crippen LogP contribution in [0.4, 0.5) is 9.59 Å².